The smallest absolute Gasteiger partial charge is 0.273 e. The molecule has 0 spiro atoms. The summed E-state index contributed by atoms with van der Waals surface area (Å²) in [7, 11) is 1.60. The third-order valence-electron chi connectivity index (χ3n) is 3.77. The highest BCUT2D eigenvalue weighted by Crippen LogP contribution is 2.33. The summed E-state index contributed by atoms with van der Waals surface area (Å²) in [6.45, 7) is 0. The van der Waals surface area contributed by atoms with Crippen molar-refractivity contribution in [3.8, 4) is 6.07 Å². The van der Waals surface area contributed by atoms with Crippen LogP contribution in [0.15, 0.2) is 18.2 Å². The van der Waals surface area contributed by atoms with Crippen LogP contribution in [0.4, 0.5) is 4.39 Å². The van der Waals surface area contributed by atoms with Crippen molar-refractivity contribution in [2.45, 2.75) is 37.6 Å². The minimum atomic E-state index is -0.774. The van der Waals surface area contributed by atoms with Crippen LogP contribution < -0.4 is 0 Å². The van der Waals surface area contributed by atoms with E-state index in [4.69, 9.17) is 0 Å². The molecule has 1 heterocycles. The Bertz CT molecular complexity index is 518. The van der Waals surface area contributed by atoms with Crippen LogP contribution in [0.1, 0.15) is 42.6 Å². The van der Waals surface area contributed by atoms with Gasteiger partial charge in [-0.05, 0) is 25.0 Å². The molecule has 0 unspecified atom stereocenters. The largest absolute Gasteiger partial charge is 0.322 e. The fraction of sp³-hybridized carbons (Fsp3) is 0.500. The minimum Gasteiger partial charge on any atom is -0.322 e. The van der Waals surface area contributed by atoms with Crippen molar-refractivity contribution in [3.63, 3.8) is 0 Å². The normalized spacial score (nSPS) is 17.5. The Balaban J connectivity index is 2.25. The Hall–Kier alpha value is -1.96. The molecule has 1 fully saturated rings. The van der Waals surface area contributed by atoms with Gasteiger partial charge >= 0.3 is 0 Å². The lowest BCUT2D eigenvalue weighted by molar-refractivity contribution is 0.0582. The summed E-state index contributed by atoms with van der Waals surface area (Å²) < 4.78 is 13.1. The summed E-state index contributed by atoms with van der Waals surface area (Å²) in [6, 6.07) is 6.37. The Kier molecular flexibility index (Phi) is 3.79. The van der Waals surface area contributed by atoms with Crippen molar-refractivity contribution in [1.82, 2.24) is 9.88 Å². The molecule has 1 aliphatic carbocycles. The van der Waals surface area contributed by atoms with Crippen molar-refractivity contribution < 1.29 is 9.18 Å². The monoisotopic (exact) mass is 261 g/mol. The maximum atomic E-state index is 13.1. The molecule has 2 rings (SSSR count). The summed E-state index contributed by atoms with van der Waals surface area (Å²) in [5.41, 5.74) is -0.730. The van der Waals surface area contributed by atoms with Gasteiger partial charge in [0.15, 0.2) is 0 Å². The first-order chi connectivity index (χ1) is 9.09. The number of hydrogen-bond acceptors (Lipinski definition) is 3. The molecular formula is C14H16FN3O. The van der Waals surface area contributed by atoms with Gasteiger partial charge in [-0.2, -0.15) is 9.65 Å². The SMILES string of the molecule is CN(C(=O)c1cccc(F)n1)C1(C#N)CCCCC1. The van der Waals surface area contributed by atoms with Crippen molar-refractivity contribution in [1.29, 1.82) is 5.26 Å². The molecule has 4 nitrogen and oxygen atoms in total. The van der Waals surface area contributed by atoms with E-state index in [1.807, 2.05) is 0 Å². The van der Waals surface area contributed by atoms with Crippen LogP contribution >= 0.6 is 0 Å². The second kappa shape index (κ2) is 5.35. The van der Waals surface area contributed by atoms with Crippen molar-refractivity contribution in [3.05, 3.63) is 29.8 Å². The Morgan fingerprint density at radius 2 is 2.11 bits per heavy atom. The number of nitriles is 1. The first-order valence-corrected chi connectivity index (χ1v) is 6.41. The van der Waals surface area contributed by atoms with Crippen molar-refractivity contribution in [2.24, 2.45) is 0 Å². The zero-order valence-corrected chi connectivity index (χ0v) is 10.9. The lowest BCUT2D eigenvalue weighted by atomic mass is 9.81. The third-order valence-corrected chi connectivity index (χ3v) is 3.77. The molecule has 19 heavy (non-hydrogen) atoms. The number of hydrogen-bond donors (Lipinski definition) is 0. The summed E-state index contributed by atoms with van der Waals surface area (Å²) in [5.74, 6) is -1.09. The number of amides is 1. The summed E-state index contributed by atoms with van der Waals surface area (Å²) in [5, 5.41) is 9.42. The lowest BCUT2D eigenvalue weighted by Crippen LogP contribution is -2.50. The van der Waals surface area contributed by atoms with Crippen LogP contribution in [0.5, 0.6) is 0 Å². The molecule has 100 valence electrons. The van der Waals surface area contributed by atoms with Crippen LogP contribution in [0.3, 0.4) is 0 Å². The van der Waals surface area contributed by atoms with Gasteiger partial charge in [0.1, 0.15) is 11.2 Å². The second-order valence-corrected chi connectivity index (χ2v) is 4.91. The quantitative estimate of drug-likeness (QED) is 0.769. The molecule has 1 aromatic rings. The molecule has 1 aromatic heterocycles. The molecule has 0 saturated heterocycles. The highest BCUT2D eigenvalue weighted by molar-refractivity contribution is 5.92. The summed E-state index contributed by atoms with van der Waals surface area (Å²) in [4.78, 5) is 17.3. The first-order valence-electron chi connectivity index (χ1n) is 6.41. The lowest BCUT2D eigenvalue weighted by Gasteiger charge is -2.38. The molecule has 1 amide bonds. The van der Waals surface area contributed by atoms with E-state index < -0.39 is 17.4 Å². The number of rotatable bonds is 2. The molecule has 0 N–H and O–H groups in total. The van der Waals surface area contributed by atoms with E-state index in [-0.39, 0.29) is 5.69 Å². The topological polar surface area (TPSA) is 57.0 Å². The van der Waals surface area contributed by atoms with E-state index in [0.29, 0.717) is 12.8 Å². The Morgan fingerprint density at radius 1 is 1.42 bits per heavy atom. The molecule has 0 bridgehead atoms. The molecule has 0 radical (unpaired) electrons. The number of halogens is 1. The average Bonchev–Trinajstić information content (AvgIpc) is 2.46. The van der Waals surface area contributed by atoms with Gasteiger partial charge in [0.2, 0.25) is 5.95 Å². The predicted octanol–water partition coefficient (Wildman–Crippen LogP) is 2.52. The number of aromatic nitrogens is 1. The van der Waals surface area contributed by atoms with Gasteiger partial charge in [-0.15, -0.1) is 0 Å². The second-order valence-electron chi connectivity index (χ2n) is 4.91. The molecular weight excluding hydrogens is 245 g/mol. The fourth-order valence-electron chi connectivity index (χ4n) is 2.55. The molecule has 0 atom stereocenters. The van der Waals surface area contributed by atoms with Crippen molar-refractivity contribution in [2.75, 3.05) is 7.05 Å². The highest BCUT2D eigenvalue weighted by atomic mass is 19.1. The van der Waals surface area contributed by atoms with Crippen LogP contribution in [0, 0.1) is 17.3 Å². The summed E-state index contributed by atoms with van der Waals surface area (Å²) >= 11 is 0. The van der Waals surface area contributed by atoms with Crippen LogP contribution in [0.2, 0.25) is 0 Å². The van der Waals surface area contributed by atoms with E-state index in [2.05, 4.69) is 11.1 Å². The van der Waals surface area contributed by atoms with E-state index >= 15 is 0 Å². The molecule has 0 aliphatic heterocycles. The van der Waals surface area contributed by atoms with Crippen LogP contribution in [-0.2, 0) is 0 Å². The van der Waals surface area contributed by atoms with E-state index in [1.54, 1.807) is 7.05 Å². The van der Waals surface area contributed by atoms with E-state index in [9.17, 15) is 14.4 Å². The minimum absolute atomic E-state index is 0.0442. The summed E-state index contributed by atoms with van der Waals surface area (Å²) in [6.07, 6.45) is 4.29. The maximum Gasteiger partial charge on any atom is 0.273 e. The number of nitrogens with zero attached hydrogens (tertiary/aromatic N) is 3. The van der Waals surface area contributed by atoms with Crippen LogP contribution in [-0.4, -0.2) is 28.4 Å². The van der Waals surface area contributed by atoms with Gasteiger partial charge in [0.25, 0.3) is 5.91 Å². The zero-order valence-electron chi connectivity index (χ0n) is 10.9. The number of carbonyl (C=O) groups is 1. The van der Waals surface area contributed by atoms with Gasteiger partial charge in [0.05, 0.1) is 6.07 Å². The van der Waals surface area contributed by atoms with Gasteiger partial charge in [-0.25, -0.2) is 4.98 Å². The number of carbonyl (C=O) groups excluding carboxylic acids is 1. The van der Waals surface area contributed by atoms with Crippen LogP contribution in [0.25, 0.3) is 0 Å². The zero-order chi connectivity index (χ0) is 13.9. The first kappa shape index (κ1) is 13.5. The number of pyridine rings is 1. The van der Waals surface area contributed by atoms with Gasteiger partial charge in [0, 0.05) is 7.05 Å². The van der Waals surface area contributed by atoms with E-state index in [0.717, 1.165) is 19.3 Å². The average molecular weight is 261 g/mol. The Labute approximate surface area is 111 Å². The fourth-order valence-corrected chi connectivity index (χ4v) is 2.55. The third kappa shape index (κ3) is 2.58. The molecule has 5 heteroatoms. The highest BCUT2D eigenvalue weighted by Gasteiger charge is 2.39. The molecule has 1 aliphatic rings. The maximum absolute atomic E-state index is 13.1. The molecule has 1 saturated carbocycles. The molecule has 0 aromatic carbocycles. The van der Waals surface area contributed by atoms with Gasteiger partial charge in [-0.1, -0.05) is 25.3 Å². The standard InChI is InChI=1S/C14H16FN3O/c1-18(14(10-16)8-3-2-4-9-14)13(19)11-6-5-7-12(15)17-11/h5-7H,2-4,8-9H2,1H3. The van der Waals surface area contributed by atoms with Crippen molar-refractivity contribution >= 4 is 5.91 Å². The van der Waals surface area contributed by atoms with Gasteiger partial charge < -0.3 is 4.90 Å². The van der Waals surface area contributed by atoms with E-state index in [1.165, 1.54) is 23.1 Å². The van der Waals surface area contributed by atoms with Gasteiger partial charge in [-0.3, -0.25) is 4.79 Å². The predicted molar refractivity (Wildman–Crippen MR) is 67.7 cm³/mol. The Morgan fingerprint density at radius 3 is 2.68 bits per heavy atom.